The van der Waals surface area contributed by atoms with Crippen molar-refractivity contribution in [3.8, 4) is 11.5 Å². The molecule has 2 fully saturated rings. The van der Waals surface area contributed by atoms with Crippen molar-refractivity contribution in [3.05, 3.63) is 72.1 Å². The van der Waals surface area contributed by atoms with E-state index in [1.165, 1.54) is 82.3 Å². The standard InChI is InChI=1S/C49H61N9O12S6/c1-55-32-24-75-76-25-33(46(67)57(3)34(22-71-5)48(69)73-20-28(43(64)50-18-39(55)62)17-37(60)41-36(59)15-26-11-7-9-13-29(26)52-41)56(2)40(63)19-51-44(65)31(21-74-49(70)35(23-72-6)58(4)47(32)68)54-45(66)42-38(61)16-27-12-8-10-14-30(27)53-42/h7-16,28,31-35,47,49,59,61,68,70H,17-25H2,1-6H3,(H,50,64)(H,51,65)(H,54,66)/t28?,31?,32?,33-,34-,35-,47?,49+/m0/s1. The maximum absolute atomic E-state index is 14.8. The van der Waals surface area contributed by atoms with E-state index in [4.69, 9.17) is 0 Å². The van der Waals surface area contributed by atoms with Gasteiger partial charge in [0, 0.05) is 72.9 Å². The summed E-state index contributed by atoms with van der Waals surface area (Å²) in [4.78, 5) is 127. The van der Waals surface area contributed by atoms with Crippen LogP contribution >= 0.6 is 68.6 Å². The number of para-hydroxylation sites is 2. The first-order valence-corrected chi connectivity index (χ1v) is 31.0. The van der Waals surface area contributed by atoms with Gasteiger partial charge in [0.15, 0.2) is 11.5 Å². The smallest absolute Gasteiger partial charge is 0.274 e. The highest BCUT2D eigenvalue weighted by atomic mass is 33.1. The monoisotopic (exact) mass is 1160 g/mol. The first-order valence-electron chi connectivity index (χ1n) is 23.7. The summed E-state index contributed by atoms with van der Waals surface area (Å²) < 4.78 is 0. The van der Waals surface area contributed by atoms with Crippen molar-refractivity contribution in [3.63, 3.8) is 0 Å². The van der Waals surface area contributed by atoms with Crippen LogP contribution in [0.15, 0.2) is 60.7 Å². The average Bonchev–Trinajstić information content (AvgIpc) is 3.41. The summed E-state index contributed by atoms with van der Waals surface area (Å²) >= 11 is 4.17. The minimum Gasteiger partial charge on any atom is -0.506 e. The van der Waals surface area contributed by atoms with Crippen LogP contribution in [0.3, 0.4) is 0 Å². The molecule has 6 amide bonds. The highest BCUT2D eigenvalue weighted by Crippen LogP contribution is 2.32. The number of ketones is 1. The van der Waals surface area contributed by atoms with Crippen LogP contribution < -0.4 is 16.0 Å². The number of rotatable bonds is 9. The molecule has 4 heterocycles. The number of hydrogen-bond acceptors (Lipinski definition) is 21. The van der Waals surface area contributed by atoms with E-state index >= 15 is 0 Å². The van der Waals surface area contributed by atoms with Crippen LogP contribution in [-0.4, -0.2) is 227 Å². The zero-order valence-electron chi connectivity index (χ0n) is 42.4. The van der Waals surface area contributed by atoms with E-state index in [9.17, 15) is 58.8 Å². The molecule has 27 heteroatoms. The normalized spacial score (nSPS) is 25.0. The van der Waals surface area contributed by atoms with Crippen molar-refractivity contribution in [2.45, 2.75) is 48.3 Å². The van der Waals surface area contributed by atoms with E-state index in [0.29, 0.717) is 33.6 Å². The molecular formula is C49H61N9O12S6. The van der Waals surface area contributed by atoms with Crippen LogP contribution in [0, 0.1) is 5.92 Å². The van der Waals surface area contributed by atoms with Crippen LogP contribution in [-0.2, 0) is 28.8 Å². The maximum Gasteiger partial charge on any atom is 0.274 e. The summed E-state index contributed by atoms with van der Waals surface area (Å²) in [5.41, 5.74) is -1.20. The van der Waals surface area contributed by atoms with Gasteiger partial charge in [-0.1, -0.05) is 69.7 Å². The molecule has 2 saturated heterocycles. The fourth-order valence-corrected chi connectivity index (χ4v) is 14.7. The first-order chi connectivity index (χ1) is 36.2. The number of likely N-dealkylation sites (N-methyl/N-ethyl adjacent to an activating group) is 4. The number of hydrogen-bond donors (Lipinski definition) is 7. The van der Waals surface area contributed by atoms with Gasteiger partial charge >= 0.3 is 0 Å². The van der Waals surface area contributed by atoms with E-state index in [0.717, 1.165) is 27.5 Å². The zero-order chi connectivity index (χ0) is 55.4. The van der Waals surface area contributed by atoms with Gasteiger partial charge in [0.25, 0.3) is 5.91 Å². The summed E-state index contributed by atoms with van der Waals surface area (Å²) in [6.45, 7) is -1.25. The predicted molar refractivity (Wildman–Crippen MR) is 301 cm³/mol. The van der Waals surface area contributed by atoms with Gasteiger partial charge in [0.05, 0.1) is 42.1 Å². The first kappa shape index (κ1) is 60.2. The molecule has 21 nitrogen and oxygen atoms in total. The third-order valence-electron chi connectivity index (χ3n) is 12.9. The number of aliphatic hydroxyl groups is 2. The lowest BCUT2D eigenvalue weighted by Crippen LogP contribution is -2.59. The fourth-order valence-electron chi connectivity index (χ4n) is 8.23. The number of Topliss-reactive ketones (excluding diaryl/α,β-unsaturated/α-hetero) is 1. The van der Waals surface area contributed by atoms with E-state index in [1.54, 1.807) is 68.1 Å². The van der Waals surface area contributed by atoms with Gasteiger partial charge in [-0.05, 0) is 43.8 Å². The minimum absolute atomic E-state index is 0.0133. The van der Waals surface area contributed by atoms with Crippen molar-refractivity contribution >= 4 is 137 Å². The second-order valence-corrected chi connectivity index (χ2v) is 24.5. The Morgan fingerprint density at radius 1 is 0.724 bits per heavy atom. The largest absolute Gasteiger partial charge is 0.506 e. The molecule has 4 aromatic rings. The average molecular weight is 1160 g/mol. The number of carbonyl (C=O) groups excluding carboxylic acids is 8. The molecule has 7 N–H and O–H groups in total. The predicted octanol–water partition coefficient (Wildman–Crippen LogP) is 1.96. The Morgan fingerprint density at radius 2 is 1.29 bits per heavy atom. The van der Waals surface area contributed by atoms with Gasteiger partial charge < -0.3 is 51.1 Å². The molecule has 0 saturated carbocycles. The van der Waals surface area contributed by atoms with Crippen molar-refractivity contribution in [2.75, 3.05) is 88.3 Å². The van der Waals surface area contributed by atoms with E-state index in [2.05, 4.69) is 25.9 Å². The van der Waals surface area contributed by atoms with Gasteiger partial charge in [-0.15, -0.1) is 11.8 Å². The number of aromatic nitrogens is 2. The van der Waals surface area contributed by atoms with Gasteiger partial charge in [0.1, 0.15) is 47.0 Å². The van der Waals surface area contributed by atoms with E-state index in [-0.39, 0.29) is 45.9 Å². The highest BCUT2D eigenvalue weighted by Gasteiger charge is 2.40. The van der Waals surface area contributed by atoms with Crippen molar-refractivity contribution < 1.29 is 58.8 Å². The Balaban J connectivity index is 1.36. The molecule has 0 aliphatic carbocycles. The topological polar surface area (TPSA) is 292 Å². The lowest BCUT2D eigenvalue weighted by molar-refractivity contribution is -0.144. The lowest BCUT2D eigenvalue weighted by atomic mass is 10.0. The number of nitrogens with one attached hydrogen (secondary N) is 3. The number of carbonyl (C=O) groups is 8. The molecule has 2 aliphatic heterocycles. The number of aliphatic hydroxyl groups excluding tert-OH is 2. The molecule has 0 radical (unpaired) electrons. The van der Waals surface area contributed by atoms with Gasteiger partial charge in [-0.2, -0.15) is 23.5 Å². The van der Waals surface area contributed by atoms with Gasteiger partial charge in [0.2, 0.25) is 34.7 Å². The number of thioether (sulfide) groups is 4. The number of aromatic hydroxyl groups is 2. The maximum atomic E-state index is 14.8. The molecule has 2 aromatic carbocycles. The molecule has 8 atom stereocenters. The number of fused-ring (bicyclic) bond motifs is 7. The fraction of sp³-hybridized carbons (Fsp3) is 0.469. The molecule has 410 valence electrons. The molecule has 4 unspecified atom stereocenters. The van der Waals surface area contributed by atoms with Crippen LogP contribution in [0.2, 0.25) is 0 Å². The second-order valence-electron chi connectivity index (χ2n) is 17.9. The summed E-state index contributed by atoms with van der Waals surface area (Å²) in [6.07, 6.45) is 1.49. The number of amides is 6. The quantitative estimate of drug-likeness (QED) is 0.0931. The number of nitrogens with zero attached hydrogens (tertiary/aromatic N) is 6. The molecule has 0 spiro atoms. The Morgan fingerprint density at radius 3 is 1.92 bits per heavy atom. The number of benzene rings is 2. The van der Waals surface area contributed by atoms with Crippen molar-refractivity contribution in [2.24, 2.45) is 5.92 Å². The van der Waals surface area contributed by atoms with Gasteiger partial charge in [-0.3, -0.25) is 43.3 Å². The molecule has 2 aromatic heterocycles. The summed E-state index contributed by atoms with van der Waals surface area (Å²) in [7, 11) is 8.10. The zero-order valence-corrected chi connectivity index (χ0v) is 47.3. The summed E-state index contributed by atoms with van der Waals surface area (Å²) in [5.74, 6) is -7.74. The summed E-state index contributed by atoms with van der Waals surface area (Å²) in [6, 6.07) is 10.6. The molecule has 2 bridgehead atoms. The van der Waals surface area contributed by atoms with Gasteiger partial charge in [-0.25, -0.2) is 9.97 Å². The Kier molecular flexibility index (Phi) is 22.2. The SMILES string of the molecule is CSC[C@H]1C(=O)SCC(CC(=O)c2nc3ccccc3cc2O)C(=O)NCC(=O)N(C)C2CSSC[C@@H](C(=O)N1C)N(C)C(=O)CNC(=O)C(NC(=O)c1nc3ccccc3cc1O)CS[C@@H](O)[C@H](CSC)N(C)C2O. The molecule has 2 aliphatic rings. The van der Waals surface area contributed by atoms with Crippen LogP contribution in [0.4, 0.5) is 0 Å². The lowest BCUT2D eigenvalue weighted by Gasteiger charge is -2.41. The second kappa shape index (κ2) is 28.1. The highest BCUT2D eigenvalue weighted by molar-refractivity contribution is 8.76. The number of pyridine rings is 2. The molecule has 6 rings (SSSR count). The third-order valence-corrected chi connectivity index (χ3v) is 19.0. The Labute approximate surface area is 464 Å². The summed E-state index contributed by atoms with van der Waals surface area (Å²) in [5, 5.41) is 54.2. The third kappa shape index (κ3) is 15.0. The van der Waals surface area contributed by atoms with Crippen LogP contribution in [0.5, 0.6) is 11.5 Å². The van der Waals surface area contributed by atoms with E-state index < -0.39 is 125 Å². The van der Waals surface area contributed by atoms with E-state index in [1.807, 2.05) is 0 Å². The van der Waals surface area contributed by atoms with Crippen LogP contribution in [0.1, 0.15) is 27.4 Å². The molecule has 76 heavy (non-hydrogen) atoms. The molecular weight excluding hydrogens is 1100 g/mol. The Hall–Kier alpha value is -5.00. The minimum atomic E-state index is -1.49. The Bertz CT molecular complexity index is 2800. The van der Waals surface area contributed by atoms with Crippen molar-refractivity contribution in [1.29, 1.82) is 0 Å². The van der Waals surface area contributed by atoms with Crippen LogP contribution in [0.25, 0.3) is 21.8 Å². The van der Waals surface area contributed by atoms with Crippen molar-refractivity contribution in [1.82, 2.24) is 45.5 Å².